The molecule has 7 heteroatoms. The summed E-state index contributed by atoms with van der Waals surface area (Å²) in [5, 5.41) is 0. The number of amides is 1. The summed E-state index contributed by atoms with van der Waals surface area (Å²) in [6.45, 7) is 1.40. The lowest BCUT2D eigenvalue weighted by Crippen LogP contribution is -2.32. The molecule has 0 unspecified atom stereocenters. The summed E-state index contributed by atoms with van der Waals surface area (Å²) in [4.78, 5) is 17.8. The Bertz CT molecular complexity index is 715. The van der Waals surface area contributed by atoms with E-state index in [9.17, 15) is 18.0 Å². The zero-order chi connectivity index (χ0) is 17.2. The molecule has 1 saturated heterocycles. The van der Waals surface area contributed by atoms with Crippen molar-refractivity contribution >= 4 is 16.9 Å². The number of imidazole rings is 1. The van der Waals surface area contributed by atoms with E-state index in [1.807, 2.05) is 0 Å². The second kappa shape index (κ2) is 6.83. The number of halogens is 3. The Kier molecular flexibility index (Phi) is 4.78. The van der Waals surface area contributed by atoms with Crippen LogP contribution >= 0.6 is 0 Å². The van der Waals surface area contributed by atoms with E-state index in [0.717, 1.165) is 30.3 Å². The number of hydrogen-bond acceptors (Lipinski definition) is 2. The summed E-state index contributed by atoms with van der Waals surface area (Å²) in [5.74, 6) is -1.02. The molecule has 2 heterocycles. The highest BCUT2D eigenvalue weighted by atomic mass is 19.4. The number of fused-ring (bicyclic) bond motifs is 1. The number of likely N-dealkylation sites (tertiary alicyclic amines) is 1. The highest BCUT2D eigenvalue weighted by Crippen LogP contribution is 2.31. The third-order valence-corrected chi connectivity index (χ3v) is 4.42. The smallest absolute Gasteiger partial charge is 0.343 e. The molecule has 1 aliphatic heterocycles. The van der Waals surface area contributed by atoms with Gasteiger partial charge in [0.05, 0.1) is 11.0 Å². The summed E-state index contributed by atoms with van der Waals surface area (Å²) in [6, 6.07) is 6.49. The van der Waals surface area contributed by atoms with Crippen molar-refractivity contribution in [3.05, 3.63) is 30.1 Å². The zero-order valence-electron chi connectivity index (χ0n) is 13.4. The summed E-state index contributed by atoms with van der Waals surface area (Å²) in [5.41, 5.74) is 0.709. The number of aromatic nitrogens is 2. The summed E-state index contributed by atoms with van der Waals surface area (Å²) >= 11 is 0. The summed E-state index contributed by atoms with van der Waals surface area (Å²) in [7, 11) is 0. The lowest BCUT2D eigenvalue weighted by molar-refractivity contribution is -0.147. The van der Waals surface area contributed by atoms with Crippen LogP contribution in [0.25, 0.3) is 11.0 Å². The van der Waals surface area contributed by atoms with E-state index in [0.29, 0.717) is 24.1 Å². The SMILES string of the molecule is O=C(CCn1c(C(F)(F)F)nc2ccccc21)N1CCCCCC1. The maximum atomic E-state index is 13.2. The third-order valence-electron chi connectivity index (χ3n) is 4.42. The molecule has 130 valence electrons. The van der Waals surface area contributed by atoms with Gasteiger partial charge in [-0.3, -0.25) is 4.79 Å². The number of carbonyl (C=O) groups is 1. The van der Waals surface area contributed by atoms with Gasteiger partial charge in [0, 0.05) is 26.1 Å². The van der Waals surface area contributed by atoms with Gasteiger partial charge in [-0.1, -0.05) is 25.0 Å². The molecule has 3 rings (SSSR count). The minimum atomic E-state index is -4.54. The van der Waals surface area contributed by atoms with Crippen molar-refractivity contribution in [2.45, 2.75) is 44.8 Å². The van der Waals surface area contributed by atoms with Crippen molar-refractivity contribution in [3.63, 3.8) is 0 Å². The van der Waals surface area contributed by atoms with E-state index in [1.54, 1.807) is 29.2 Å². The van der Waals surface area contributed by atoms with E-state index >= 15 is 0 Å². The molecule has 24 heavy (non-hydrogen) atoms. The largest absolute Gasteiger partial charge is 0.449 e. The van der Waals surface area contributed by atoms with Gasteiger partial charge in [-0.2, -0.15) is 13.2 Å². The van der Waals surface area contributed by atoms with E-state index in [2.05, 4.69) is 4.98 Å². The lowest BCUT2D eigenvalue weighted by Gasteiger charge is -2.21. The van der Waals surface area contributed by atoms with Gasteiger partial charge < -0.3 is 9.47 Å². The Morgan fingerprint density at radius 2 is 1.75 bits per heavy atom. The van der Waals surface area contributed by atoms with Crippen molar-refractivity contribution in [1.82, 2.24) is 14.5 Å². The number of hydrogen-bond donors (Lipinski definition) is 0. The number of rotatable bonds is 3. The second-order valence-corrected chi connectivity index (χ2v) is 6.12. The topological polar surface area (TPSA) is 38.1 Å². The van der Waals surface area contributed by atoms with Crippen molar-refractivity contribution in [2.75, 3.05) is 13.1 Å². The first-order chi connectivity index (χ1) is 11.5. The highest BCUT2D eigenvalue weighted by molar-refractivity contribution is 5.78. The van der Waals surface area contributed by atoms with Crippen LogP contribution in [-0.2, 0) is 17.5 Å². The van der Waals surface area contributed by atoms with Crippen LogP contribution in [0.3, 0.4) is 0 Å². The molecule has 1 aromatic heterocycles. The van der Waals surface area contributed by atoms with E-state index in [1.165, 1.54) is 0 Å². The molecule has 0 N–H and O–H groups in total. The Hall–Kier alpha value is -2.05. The fraction of sp³-hybridized carbons (Fsp3) is 0.529. The molecule has 0 atom stereocenters. The minimum absolute atomic E-state index is 0.00924. The van der Waals surface area contributed by atoms with Gasteiger partial charge in [0.2, 0.25) is 11.7 Å². The standard InChI is InChI=1S/C17H20F3N3O/c18-17(19,20)16-21-13-7-3-4-8-14(13)23(16)12-9-15(24)22-10-5-1-2-6-11-22/h3-4,7-8H,1-2,5-6,9-12H2. The average molecular weight is 339 g/mol. The van der Waals surface area contributed by atoms with Crippen LogP contribution in [-0.4, -0.2) is 33.4 Å². The Morgan fingerprint density at radius 3 is 2.42 bits per heavy atom. The molecule has 4 nitrogen and oxygen atoms in total. The van der Waals surface area contributed by atoms with Crippen LogP contribution in [0.2, 0.25) is 0 Å². The maximum absolute atomic E-state index is 13.2. The van der Waals surface area contributed by atoms with Crippen LogP contribution in [0.15, 0.2) is 24.3 Å². The van der Waals surface area contributed by atoms with Crippen molar-refractivity contribution in [2.24, 2.45) is 0 Å². The molecule has 2 aromatic rings. The van der Waals surface area contributed by atoms with E-state index < -0.39 is 12.0 Å². The molecule has 0 spiro atoms. The molecule has 1 aromatic carbocycles. The number of aryl methyl sites for hydroxylation is 1. The van der Waals surface area contributed by atoms with E-state index in [-0.39, 0.29) is 18.9 Å². The Morgan fingerprint density at radius 1 is 1.08 bits per heavy atom. The van der Waals surface area contributed by atoms with E-state index in [4.69, 9.17) is 0 Å². The molecular weight excluding hydrogens is 319 g/mol. The number of nitrogens with zero attached hydrogens (tertiary/aromatic N) is 3. The van der Waals surface area contributed by atoms with Crippen LogP contribution in [0.1, 0.15) is 37.9 Å². The molecule has 0 radical (unpaired) electrons. The highest BCUT2D eigenvalue weighted by Gasteiger charge is 2.37. The average Bonchev–Trinajstić information content (AvgIpc) is 2.72. The normalized spacial score (nSPS) is 16.4. The van der Waals surface area contributed by atoms with Crippen molar-refractivity contribution in [1.29, 1.82) is 0 Å². The predicted molar refractivity (Wildman–Crippen MR) is 84.4 cm³/mol. The van der Waals surface area contributed by atoms with Gasteiger partial charge in [0.1, 0.15) is 0 Å². The fourth-order valence-corrected chi connectivity index (χ4v) is 3.20. The quantitative estimate of drug-likeness (QED) is 0.852. The molecular formula is C17H20F3N3O. The molecule has 0 saturated carbocycles. The van der Waals surface area contributed by atoms with Gasteiger partial charge in [-0.05, 0) is 25.0 Å². The zero-order valence-corrected chi connectivity index (χ0v) is 13.4. The van der Waals surface area contributed by atoms with Crippen molar-refractivity contribution < 1.29 is 18.0 Å². The number of para-hydroxylation sites is 2. The summed E-state index contributed by atoms with van der Waals surface area (Å²) < 4.78 is 40.8. The molecule has 0 aliphatic carbocycles. The van der Waals surface area contributed by atoms with Gasteiger partial charge >= 0.3 is 6.18 Å². The Labute approximate surface area is 138 Å². The predicted octanol–water partition coefficient (Wildman–Crippen LogP) is 3.85. The first-order valence-electron chi connectivity index (χ1n) is 8.27. The van der Waals surface area contributed by atoms with Crippen LogP contribution < -0.4 is 0 Å². The first-order valence-corrected chi connectivity index (χ1v) is 8.27. The minimum Gasteiger partial charge on any atom is -0.343 e. The molecule has 0 bridgehead atoms. The van der Waals surface area contributed by atoms with Crippen LogP contribution in [0.4, 0.5) is 13.2 Å². The lowest BCUT2D eigenvalue weighted by atomic mass is 10.2. The van der Waals surface area contributed by atoms with Gasteiger partial charge in [0.25, 0.3) is 0 Å². The van der Waals surface area contributed by atoms with Gasteiger partial charge in [-0.25, -0.2) is 4.98 Å². The van der Waals surface area contributed by atoms with Crippen LogP contribution in [0, 0.1) is 0 Å². The molecule has 1 amide bonds. The van der Waals surface area contributed by atoms with Crippen molar-refractivity contribution in [3.8, 4) is 0 Å². The number of benzene rings is 1. The van der Waals surface area contributed by atoms with Crippen LogP contribution in [0.5, 0.6) is 0 Å². The third kappa shape index (κ3) is 3.55. The maximum Gasteiger partial charge on any atom is 0.449 e. The first kappa shape index (κ1) is 16.8. The van der Waals surface area contributed by atoms with Gasteiger partial charge in [-0.15, -0.1) is 0 Å². The summed E-state index contributed by atoms with van der Waals surface area (Å²) in [6.07, 6.45) is -0.336. The number of alkyl halides is 3. The molecule has 1 aliphatic rings. The second-order valence-electron chi connectivity index (χ2n) is 6.12. The van der Waals surface area contributed by atoms with Gasteiger partial charge in [0.15, 0.2) is 0 Å². The molecule has 1 fully saturated rings. The number of carbonyl (C=O) groups excluding carboxylic acids is 1. The monoisotopic (exact) mass is 339 g/mol. The fourth-order valence-electron chi connectivity index (χ4n) is 3.20. The Balaban J connectivity index is 1.80.